The van der Waals surface area contributed by atoms with Crippen LogP contribution in [0.3, 0.4) is 0 Å². The number of fused-ring (bicyclic) bond motifs is 1. The van der Waals surface area contributed by atoms with Gasteiger partial charge in [0.2, 0.25) is 11.8 Å². The number of nitrogens with zero attached hydrogens (tertiary/aromatic N) is 1. The summed E-state index contributed by atoms with van der Waals surface area (Å²) in [5.41, 5.74) is 2.93. The van der Waals surface area contributed by atoms with E-state index >= 15 is 0 Å². The average Bonchev–Trinajstić information content (AvgIpc) is 3.07. The number of Topliss-reactive ketones (excluding diaryl/α,β-unsaturated/α-hetero) is 1. The Bertz CT molecular complexity index is 953. The molecule has 1 aromatic carbocycles. The van der Waals surface area contributed by atoms with E-state index in [0.717, 1.165) is 29.9 Å². The molecule has 4 rings (SSSR count). The second-order valence-electron chi connectivity index (χ2n) is 11.2. The summed E-state index contributed by atoms with van der Waals surface area (Å²) in [5, 5.41) is 2.33. The molecule has 0 bridgehead atoms. The molecule has 0 spiro atoms. The summed E-state index contributed by atoms with van der Waals surface area (Å²) < 4.78 is 0. The van der Waals surface area contributed by atoms with Crippen LogP contribution in [0.5, 0.6) is 0 Å². The van der Waals surface area contributed by atoms with Crippen LogP contribution in [0.25, 0.3) is 0 Å². The number of aryl methyl sites for hydroxylation is 1. The Hall–Kier alpha value is -2.50. The maximum atomic E-state index is 12.8. The van der Waals surface area contributed by atoms with Gasteiger partial charge in [-0.3, -0.25) is 24.5 Å². The molecule has 6 heteroatoms. The van der Waals surface area contributed by atoms with Crippen LogP contribution >= 0.6 is 0 Å². The Morgan fingerprint density at radius 3 is 2.45 bits per heavy atom. The molecule has 6 nitrogen and oxygen atoms in total. The predicted molar refractivity (Wildman–Crippen MR) is 125 cm³/mol. The summed E-state index contributed by atoms with van der Waals surface area (Å²) in [4.78, 5) is 50.6. The van der Waals surface area contributed by atoms with Crippen LogP contribution in [0.1, 0.15) is 93.6 Å². The summed E-state index contributed by atoms with van der Waals surface area (Å²) in [6.07, 6.45) is 7.27. The molecular weight excluding hydrogens is 416 g/mol. The standard InChI is InChI=1S/C27H36N2O4/c1-27(2,3)20-8-4-18(5-9-20)15-21(30)10-6-17-7-11-22-19(14-17)16-29(26(22)33)23-12-13-24(31)28-25(23)32/h7,11,14,18,20,23H,4-6,8-10,12-13,15-16H2,1-3H3,(H,28,31,32). The largest absolute Gasteiger partial charge is 0.322 e. The number of rotatable bonds is 6. The molecule has 1 unspecified atom stereocenters. The first-order valence-electron chi connectivity index (χ1n) is 12.4. The van der Waals surface area contributed by atoms with Crippen LogP contribution in [0.2, 0.25) is 0 Å². The summed E-state index contributed by atoms with van der Waals surface area (Å²) in [6.45, 7) is 7.32. The first kappa shape index (κ1) is 23.7. The normalized spacial score (nSPS) is 25.7. The molecule has 3 amide bonds. The number of benzene rings is 1. The van der Waals surface area contributed by atoms with E-state index in [1.165, 1.54) is 12.8 Å². The molecule has 178 valence electrons. The van der Waals surface area contributed by atoms with E-state index in [-0.39, 0.29) is 18.2 Å². The summed E-state index contributed by atoms with van der Waals surface area (Å²) in [6, 6.07) is 5.14. The van der Waals surface area contributed by atoms with Gasteiger partial charge in [-0.2, -0.15) is 0 Å². The molecule has 1 atom stereocenters. The average molecular weight is 453 g/mol. The number of carbonyl (C=O) groups excluding carboxylic acids is 4. The van der Waals surface area contributed by atoms with Crippen molar-refractivity contribution in [2.45, 2.75) is 91.1 Å². The lowest BCUT2D eigenvalue weighted by atomic mass is 9.69. The lowest BCUT2D eigenvalue weighted by molar-refractivity contribution is -0.137. The molecule has 1 saturated carbocycles. The van der Waals surface area contributed by atoms with Crippen molar-refractivity contribution in [1.82, 2.24) is 10.2 Å². The van der Waals surface area contributed by atoms with E-state index in [9.17, 15) is 19.2 Å². The summed E-state index contributed by atoms with van der Waals surface area (Å²) >= 11 is 0. The van der Waals surface area contributed by atoms with E-state index < -0.39 is 11.9 Å². The van der Waals surface area contributed by atoms with E-state index in [1.54, 1.807) is 4.90 Å². The summed E-state index contributed by atoms with van der Waals surface area (Å²) in [7, 11) is 0. The van der Waals surface area contributed by atoms with Crippen LogP contribution < -0.4 is 5.32 Å². The highest BCUT2D eigenvalue weighted by Gasteiger charge is 2.39. The quantitative estimate of drug-likeness (QED) is 0.656. The van der Waals surface area contributed by atoms with E-state index in [4.69, 9.17) is 0 Å². The van der Waals surface area contributed by atoms with Crippen LogP contribution in [-0.4, -0.2) is 34.4 Å². The van der Waals surface area contributed by atoms with Crippen LogP contribution in [-0.2, 0) is 27.3 Å². The number of ketones is 1. The molecule has 1 N–H and O–H groups in total. The third-order valence-corrected chi connectivity index (χ3v) is 7.87. The van der Waals surface area contributed by atoms with Gasteiger partial charge in [0.15, 0.2) is 0 Å². The zero-order valence-corrected chi connectivity index (χ0v) is 20.1. The highest BCUT2D eigenvalue weighted by atomic mass is 16.2. The maximum absolute atomic E-state index is 12.8. The molecule has 0 radical (unpaired) electrons. The smallest absolute Gasteiger partial charge is 0.255 e. The van der Waals surface area contributed by atoms with E-state index in [0.29, 0.717) is 54.9 Å². The number of hydrogen-bond acceptors (Lipinski definition) is 4. The zero-order chi connectivity index (χ0) is 23.8. The molecule has 1 saturated heterocycles. The third-order valence-electron chi connectivity index (χ3n) is 7.87. The van der Waals surface area contributed by atoms with Crippen molar-refractivity contribution in [2.24, 2.45) is 17.3 Å². The highest BCUT2D eigenvalue weighted by molar-refractivity contribution is 6.05. The van der Waals surface area contributed by atoms with Crippen LogP contribution in [0.4, 0.5) is 0 Å². The van der Waals surface area contributed by atoms with E-state index in [1.807, 2.05) is 18.2 Å². The molecule has 1 aromatic rings. The number of piperidine rings is 1. The number of amides is 3. The van der Waals surface area contributed by atoms with Crippen molar-refractivity contribution in [3.63, 3.8) is 0 Å². The van der Waals surface area contributed by atoms with Crippen molar-refractivity contribution in [3.05, 3.63) is 34.9 Å². The minimum absolute atomic E-state index is 0.159. The first-order valence-corrected chi connectivity index (χ1v) is 12.4. The van der Waals surface area contributed by atoms with Crippen molar-refractivity contribution in [1.29, 1.82) is 0 Å². The van der Waals surface area contributed by atoms with Gasteiger partial charge >= 0.3 is 0 Å². The fraction of sp³-hybridized carbons (Fsp3) is 0.630. The van der Waals surface area contributed by atoms with Crippen molar-refractivity contribution in [2.75, 3.05) is 0 Å². The lowest BCUT2D eigenvalue weighted by Crippen LogP contribution is -2.52. The summed E-state index contributed by atoms with van der Waals surface area (Å²) in [5.74, 6) is 0.779. The van der Waals surface area contributed by atoms with Gasteiger partial charge in [0.25, 0.3) is 5.91 Å². The minimum atomic E-state index is -0.596. The van der Waals surface area contributed by atoms with Gasteiger partial charge in [-0.25, -0.2) is 0 Å². The SMILES string of the molecule is CC(C)(C)C1CCC(CC(=O)CCc2ccc3c(c2)CN(C2CCC(=O)NC2=O)C3=O)CC1. The predicted octanol–water partition coefficient (Wildman–Crippen LogP) is 4.19. The molecule has 33 heavy (non-hydrogen) atoms. The molecular formula is C27H36N2O4. The Morgan fingerprint density at radius 2 is 1.79 bits per heavy atom. The van der Waals surface area contributed by atoms with Crippen molar-refractivity contribution >= 4 is 23.5 Å². The van der Waals surface area contributed by atoms with Gasteiger partial charge in [-0.05, 0) is 73.0 Å². The van der Waals surface area contributed by atoms with Gasteiger partial charge in [0.05, 0.1) is 0 Å². The fourth-order valence-electron chi connectivity index (χ4n) is 5.72. The van der Waals surface area contributed by atoms with E-state index in [2.05, 4.69) is 26.1 Å². The maximum Gasteiger partial charge on any atom is 0.255 e. The third kappa shape index (κ3) is 5.36. The van der Waals surface area contributed by atoms with Gasteiger partial charge in [0.1, 0.15) is 11.8 Å². The first-order chi connectivity index (χ1) is 15.6. The lowest BCUT2D eigenvalue weighted by Gasteiger charge is -2.36. The molecule has 2 fully saturated rings. The Kier molecular flexibility index (Phi) is 6.73. The Morgan fingerprint density at radius 1 is 1.06 bits per heavy atom. The van der Waals surface area contributed by atoms with Crippen molar-refractivity contribution < 1.29 is 19.2 Å². The number of carbonyl (C=O) groups is 4. The highest BCUT2D eigenvalue weighted by Crippen LogP contribution is 2.40. The molecule has 2 heterocycles. The molecule has 3 aliphatic rings. The fourth-order valence-corrected chi connectivity index (χ4v) is 5.72. The monoisotopic (exact) mass is 452 g/mol. The van der Waals surface area contributed by atoms with Crippen molar-refractivity contribution in [3.8, 4) is 0 Å². The molecule has 0 aromatic heterocycles. The van der Waals surface area contributed by atoms with Gasteiger partial charge in [0, 0.05) is 31.4 Å². The van der Waals surface area contributed by atoms with Gasteiger partial charge in [-0.15, -0.1) is 0 Å². The van der Waals surface area contributed by atoms with Gasteiger partial charge < -0.3 is 4.90 Å². The number of nitrogens with one attached hydrogen (secondary N) is 1. The topological polar surface area (TPSA) is 83.6 Å². The second kappa shape index (κ2) is 9.40. The number of imide groups is 1. The van der Waals surface area contributed by atoms with Crippen LogP contribution in [0, 0.1) is 17.3 Å². The second-order valence-corrected chi connectivity index (χ2v) is 11.2. The van der Waals surface area contributed by atoms with Crippen LogP contribution in [0.15, 0.2) is 18.2 Å². The Labute approximate surface area is 196 Å². The molecule has 1 aliphatic carbocycles. The molecule has 2 aliphatic heterocycles. The Balaban J connectivity index is 1.28. The minimum Gasteiger partial charge on any atom is -0.322 e. The zero-order valence-electron chi connectivity index (χ0n) is 20.1. The number of hydrogen-bond donors (Lipinski definition) is 1. The van der Waals surface area contributed by atoms with Gasteiger partial charge in [-0.1, -0.05) is 32.9 Å².